The molecule has 1 aliphatic heterocycles. The number of esters is 1. The number of benzene rings is 2. The lowest BCUT2D eigenvalue weighted by molar-refractivity contribution is -0.197. The smallest absolute Gasteiger partial charge is 0.465 e. The molecule has 3 aliphatic rings. The summed E-state index contributed by atoms with van der Waals surface area (Å²) in [5.74, 6) is -2.14. The molecule has 5 rings (SSSR count). The molecule has 0 N–H and O–H groups in total. The van der Waals surface area contributed by atoms with Crippen LogP contribution < -0.4 is 0 Å². The van der Waals surface area contributed by atoms with E-state index < -0.39 is 18.1 Å². The predicted molar refractivity (Wildman–Crippen MR) is 145 cm³/mol. The van der Waals surface area contributed by atoms with Gasteiger partial charge in [-0.25, -0.2) is 4.79 Å². The molecule has 39 heavy (non-hydrogen) atoms. The highest BCUT2D eigenvalue weighted by atomic mass is 35.5. The number of methoxy groups -OCH3 is 1. The summed E-state index contributed by atoms with van der Waals surface area (Å²) < 4.78 is 43.4. The fraction of sp³-hybridized carbons (Fsp3) is 0.467. The van der Waals surface area contributed by atoms with E-state index in [0.717, 1.165) is 30.0 Å². The molecule has 1 heterocycles. The Morgan fingerprint density at radius 3 is 2.31 bits per heavy atom. The molecule has 210 valence electrons. The van der Waals surface area contributed by atoms with E-state index in [2.05, 4.69) is 53.0 Å². The molecule has 1 spiro atoms. The van der Waals surface area contributed by atoms with Gasteiger partial charge in [-0.2, -0.15) is 13.2 Å². The van der Waals surface area contributed by atoms with Crippen LogP contribution in [0.2, 0.25) is 5.02 Å². The summed E-state index contributed by atoms with van der Waals surface area (Å²) in [6.45, 7) is 4.30. The van der Waals surface area contributed by atoms with Crippen molar-refractivity contribution in [2.45, 2.75) is 63.8 Å². The summed E-state index contributed by atoms with van der Waals surface area (Å²) in [7, 11) is 1.31. The Labute approximate surface area is 232 Å². The number of ether oxygens (including phenoxy) is 1. The third-order valence-corrected chi connectivity index (χ3v) is 7.83. The van der Waals surface area contributed by atoms with Gasteiger partial charge < -0.3 is 9.64 Å². The Balaban J connectivity index is 0.000000298. The number of nitrogens with zero attached hydrogens (tertiary/aromatic N) is 2. The molecule has 5 nitrogen and oxygen atoms in total. The monoisotopic (exact) mass is 562 g/mol. The van der Waals surface area contributed by atoms with E-state index in [0.29, 0.717) is 42.8 Å². The maximum absolute atomic E-state index is 12.9. The largest absolute Gasteiger partial charge is 0.471 e. The van der Waals surface area contributed by atoms with E-state index in [1.807, 2.05) is 6.07 Å². The molecule has 3 fully saturated rings. The molecule has 0 radical (unpaired) electrons. The Morgan fingerprint density at radius 2 is 1.77 bits per heavy atom. The van der Waals surface area contributed by atoms with Crippen LogP contribution in [-0.4, -0.2) is 60.1 Å². The topological polar surface area (TPSA) is 49.9 Å². The third-order valence-electron chi connectivity index (χ3n) is 7.48. The van der Waals surface area contributed by atoms with Crippen LogP contribution in [0, 0.1) is 5.41 Å². The van der Waals surface area contributed by atoms with Gasteiger partial charge in [0, 0.05) is 36.7 Å². The van der Waals surface area contributed by atoms with E-state index in [-0.39, 0.29) is 17.5 Å². The summed E-state index contributed by atoms with van der Waals surface area (Å²) in [5, 5.41) is 0.482. The number of rotatable bonds is 7. The number of likely N-dealkylation sites (tertiary alicyclic amines) is 1. The first-order valence-electron chi connectivity index (χ1n) is 13.3. The zero-order valence-corrected chi connectivity index (χ0v) is 23.0. The van der Waals surface area contributed by atoms with Crippen LogP contribution in [-0.2, 0) is 16.1 Å². The summed E-state index contributed by atoms with van der Waals surface area (Å²) in [6.07, 6.45) is 3.18. The fourth-order valence-corrected chi connectivity index (χ4v) is 5.76. The van der Waals surface area contributed by atoms with Gasteiger partial charge in [-0.1, -0.05) is 67.1 Å². The fourth-order valence-electron chi connectivity index (χ4n) is 5.52. The van der Waals surface area contributed by atoms with Crippen molar-refractivity contribution in [1.29, 1.82) is 0 Å². The lowest BCUT2D eigenvalue weighted by Crippen LogP contribution is -2.67. The van der Waals surface area contributed by atoms with Gasteiger partial charge in [0.05, 0.1) is 12.7 Å². The second kappa shape index (κ2) is 12.1. The minimum absolute atomic E-state index is 0.00210. The molecular formula is C30H34ClF3N2O3. The zero-order valence-electron chi connectivity index (χ0n) is 22.2. The van der Waals surface area contributed by atoms with E-state index in [9.17, 15) is 22.8 Å². The maximum atomic E-state index is 12.9. The van der Waals surface area contributed by atoms with Gasteiger partial charge in [-0.15, -0.1) is 0 Å². The third kappa shape index (κ3) is 7.22. The van der Waals surface area contributed by atoms with Crippen molar-refractivity contribution < 1.29 is 27.5 Å². The van der Waals surface area contributed by atoms with Crippen LogP contribution in [0.5, 0.6) is 0 Å². The second-order valence-electron chi connectivity index (χ2n) is 10.7. The van der Waals surface area contributed by atoms with Gasteiger partial charge in [0.25, 0.3) is 0 Å². The van der Waals surface area contributed by atoms with Crippen molar-refractivity contribution in [1.82, 2.24) is 9.80 Å². The standard InChI is InChI=1S/C20H22ClF3N2O3.C10H12/c1-29-17(27)12-2-3-13(16(21)6-12)9-25-10-19(11-25)7-15(8-19)26(14-4-5-14)18(28)20(22,23)24;1-2-3-7-10-8-5-4-6-9-10/h2-3,6,14-15H,4-5,7-11H2,1H3;3-9H,2H2,1H3/b;7-3-. The normalized spacial score (nSPS) is 18.6. The Hall–Kier alpha value is -2.84. The van der Waals surface area contributed by atoms with Crippen LogP contribution in [0.15, 0.2) is 54.6 Å². The number of hydrogen-bond acceptors (Lipinski definition) is 4. The van der Waals surface area contributed by atoms with Crippen LogP contribution in [0.25, 0.3) is 6.08 Å². The Morgan fingerprint density at radius 1 is 1.10 bits per heavy atom. The highest BCUT2D eigenvalue weighted by molar-refractivity contribution is 6.31. The Bertz CT molecular complexity index is 1180. The number of halogens is 4. The minimum Gasteiger partial charge on any atom is -0.465 e. The molecule has 0 unspecified atom stereocenters. The molecule has 2 aromatic carbocycles. The van der Waals surface area contributed by atoms with Crippen molar-refractivity contribution in [3.8, 4) is 0 Å². The van der Waals surface area contributed by atoms with E-state index in [4.69, 9.17) is 11.6 Å². The average Bonchev–Trinajstić information content (AvgIpc) is 3.70. The molecule has 1 amide bonds. The van der Waals surface area contributed by atoms with Gasteiger partial charge in [0.15, 0.2) is 0 Å². The molecule has 9 heteroatoms. The van der Waals surface area contributed by atoms with Crippen molar-refractivity contribution in [2.24, 2.45) is 5.41 Å². The van der Waals surface area contributed by atoms with Crippen LogP contribution >= 0.6 is 11.6 Å². The van der Waals surface area contributed by atoms with E-state index in [1.165, 1.54) is 12.7 Å². The first-order valence-corrected chi connectivity index (χ1v) is 13.6. The van der Waals surface area contributed by atoms with Crippen LogP contribution in [0.1, 0.15) is 60.5 Å². The molecule has 0 bridgehead atoms. The lowest BCUT2D eigenvalue weighted by atomic mass is 9.60. The van der Waals surface area contributed by atoms with Crippen molar-refractivity contribution in [3.63, 3.8) is 0 Å². The Kier molecular flexibility index (Phi) is 9.07. The number of allylic oxidation sites excluding steroid dienone is 1. The molecule has 0 aromatic heterocycles. The quantitative estimate of drug-likeness (QED) is 0.350. The van der Waals surface area contributed by atoms with Gasteiger partial charge in [0.2, 0.25) is 0 Å². The average molecular weight is 563 g/mol. The van der Waals surface area contributed by atoms with E-state index in [1.54, 1.807) is 18.2 Å². The first kappa shape index (κ1) is 29.2. The van der Waals surface area contributed by atoms with Crippen molar-refractivity contribution >= 4 is 29.6 Å². The summed E-state index contributed by atoms with van der Waals surface area (Å²) in [5.41, 5.74) is 2.56. The zero-order chi connectivity index (χ0) is 28.2. The highest BCUT2D eigenvalue weighted by Crippen LogP contribution is 2.53. The first-order chi connectivity index (χ1) is 18.5. The van der Waals surface area contributed by atoms with E-state index >= 15 is 0 Å². The SMILES string of the molecule is CC/C=C\c1ccccc1.COC(=O)c1ccc(CN2CC3(CC(N(C(=O)C(F)(F)F)C4CC4)C3)C2)c(Cl)c1. The van der Waals surface area contributed by atoms with Gasteiger partial charge in [-0.3, -0.25) is 9.69 Å². The lowest BCUT2D eigenvalue weighted by Gasteiger charge is -2.61. The molecule has 2 aromatic rings. The number of carbonyl (C=O) groups is 2. The maximum Gasteiger partial charge on any atom is 0.471 e. The van der Waals surface area contributed by atoms with Gasteiger partial charge in [-0.05, 0) is 60.8 Å². The highest BCUT2D eigenvalue weighted by Gasteiger charge is 2.58. The number of amides is 1. The van der Waals surface area contributed by atoms with Crippen LogP contribution in [0.3, 0.4) is 0 Å². The molecular weight excluding hydrogens is 529 g/mol. The number of hydrogen-bond donors (Lipinski definition) is 0. The molecule has 2 saturated carbocycles. The van der Waals surface area contributed by atoms with Crippen molar-refractivity contribution in [2.75, 3.05) is 20.2 Å². The molecule has 0 atom stereocenters. The van der Waals surface area contributed by atoms with Gasteiger partial charge >= 0.3 is 18.1 Å². The van der Waals surface area contributed by atoms with Crippen molar-refractivity contribution in [3.05, 3.63) is 76.3 Å². The summed E-state index contributed by atoms with van der Waals surface area (Å²) in [6, 6.07) is 14.8. The molecule has 2 aliphatic carbocycles. The molecule has 1 saturated heterocycles. The summed E-state index contributed by atoms with van der Waals surface area (Å²) in [4.78, 5) is 26.6. The number of carbonyl (C=O) groups excluding carboxylic acids is 2. The second-order valence-corrected chi connectivity index (χ2v) is 11.1. The summed E-state index contributed by atoms with van der Waals surface area (Å²) >= 11 is 6.27. The number of alkyl halides is 3. The van der Waals surface area contributed by atoms with Crippen LogP contribution in [0.4, 0.5) is 13.2 Å². The minimum atomic E-state index is -4.80. The predicted octanol–water partition coefficient (Wildman–Crippen LogP) is 6.75. The van der Waals surface area contributed by atoms with Gasteiger partial charge in [0.1, 0.15) is 0 Å².